The predicted molar refractivity (Wildman–Crippen MR) is 88.4 cm³/mol. The summed E-state index contributed by atoms with van der Waals surface area (Å²) in [7, 11) is -3.23. The second-order valence-corrected chi connectivity index (χ2v) is 8.71. The highest BCUT2D eigenvalue weighted by molar-refractivity contribution is 9.10. The molecule has 2 aromatic rings. The highest BCUT2D eigenvalue weighted by Crippen LogP contribution is 2.23. The van der Waals surface area contributed by atoms with Gasteiger partial charge in [0.15, 0.2) is 9.84 Å². The third kappa shape index (κ3) is 4.52. The van der Waals surface area contributed by atoms with Gasteiger partial charge in [-0.15, -0.1) is 11.8 Å². The monoisotopic (exact) mass is 390 g/mol. The second-order valence-electron chi connectivity index (χ2n) is 4.08. The molecule has 0 heterocycles. The van der Waals surface area contributed by atoms with Crippen molar-refractivity contribution >= 4 is 49.1 Å². The number of rotatable bonds is 5. The van der Waals surface area contributed by atoms with E-state index in [9.17, 15) is 8.42 Å². The Labute approximate surface area is 136 Å². The Morgan fingerprint density at radius 1 is 1.10 bits per heavy atom. The van der Waals surface area contributed by atoms with Crippen LogP contribution in [-0.4, -0.2) is 19.9 Å². The Bertz CT molecular complexity index is 685. The minimum absolute atomic E-state index is 0.103. The summed E-state index contributed by atoms with van der Waals surface area (Å²) >= 11 is 10.7. The summed E-state index contributed by atoms with van der Waals surface area (Å²) in [6, 6.07) is 14.1. The van der Waals surface area contributed by atoms with E-state index < -0.39 is 9.84 Å². The summed E-state index contributed by atoms with van der Waals surface area (Å²) in [5.74, 6) is 0.602. The zero-order valence-corrected chi connectivity index (χ0v) is 14.4. The molecule has 0 aliphatic heterocycles. The van der Waals surface area contributed by atoms with E-state index in [1.807, 2.05) is 18.2 Å². The molecule has 0 atom stereocenters. The van der Waals surface area contributed by atoms with Crippen molar-refractivity contribution < 1.29 is 8.42 Å². The van der Waals surface area contributed by atoms with Crippen molar-refractivity contribution in [3.8, 4) is 0 Å². The van der Waals surface area contributed by atoms with E-state index in [1.165, 1.54) is 11.8 Å². The maximum atomic E-state index is 12.1. The molecule has 0 aliphatic carbocycles. The lowest BCUT2D eigenvalue weighted by molar-refractivity contribution is 0.597. The van der Waals surface area contributed by atoms with Gasteiger partial charge in [-0.1, -0.05) is 33.6 Å². The molecule has 106 valence electrons. The Morgan fingerprint density at radius 3 is 2.45 bits per heavy atom. The van der Waals surface area contributed by atoms with Crippen molar-refractivity contribution in [2.45, 2.75) is 9.79 Å². The maximum absolute atomic E-state index is 12.1. The SMILES string of the molecule is O=S(=O)(CCSc1cccc(Cl)c1)c1ccc(Br)cc1. The van der Waals surface area contributed by atoms with Crippen LogP contribution in [0.25, 0.3) is 0 Å². The number of hydrogen-bond donors (Lipinski definition) is 0. The van der Waals surface area contributed by atoms with E-state index in [1.54, 1.807) is 30.3 Å². The molecule has 0 N–H and O–H groups in total. The molecule has 2 aromatic carbocycles. The van der Waals surface area contributed by atoms with Gasteiger partial charge >= 0.3 is 0 Å². The number of halogens is 2. The van der Waals surface area contributed by atoms with E-state index in [-0.39, 0.29) is 5.75 Å². The first-order valence-corrected chi connectivity index (χ1v) is 9.65. The maximum Gasteiger partial charge on any atom is 0.179 e. The zero-order valence-electron chi connectivity index (χ0n) is 10.4. The van der Waals surface area contributed by atoms with Gasteiger partial charge in [0, 0.05) is 20.1 Å². The molecule has 0 bridgehead atoms. The number of sulfone groups is 1. The molecule has 6 heteroatoms. The third-order valence-corrected chi connectivity index (χ3v) is 6.34. The van der Waals surface area contributed by atoms with Gasteiger partial charge in [0.05, 0.1) is 10.6 Å². The van der Waals surface area contributed by atoms with Gasteiger partial charge in [-0.3, -0.25) is 0 Å². The fourth-order valence-electron chi connectivity index (χ4n) is 1.59. The van der Waals surface area contributed by atoms with Crippen LogP contribution in [0.1, 0.15) is 0 Å². The lowest BCUT2D eigenvalue weighted by atomic mass is 10.4. The first-order valence-electron chi connectivity index (χ1n) is 5.84. The number of thioether (sulfide) groups is 1. The molecule has 2 rings (SSSR count). The van der Waals surface area contributed by atoms with Crippen molar-refractivity contribution in [2.24, 2.45) is 0 Å². The minimum Gasteiger partial charge on any atom is -0.224 e. The smallest absolute Gasteiger partial charge is 0.179 e. The molecule has 0 fully saturated rings. The molecule has 0 saturated heterocycles. The summed E-state index contributed by atoms with van der Waals surface area (Å²) in [5, 5.41) is 0.658. The molecule has 0 aliphatic rings. The summed E-state index contributed by atoms with van der Waals surface area (Å²) < 4.78 is 25.2. The molecule has 0 aromatic heterocycles. The van der Waals surface area contributed by atoms with Gasteiger partial charge in [0.2, 0.25) is 0 Å². The molecular formula is C14H12BrClO2S2. The van der Waals surface area contributed by atoms with Crippen LogP contribution in [0.5, 0.6) is 0 Å². The van der Waals surface area contributed by atoms with Gasteiger partial charge in [-0.2, -0.15) is 0 Å². The fraction of sp³-hybridized carbons (Fsp3) is 0.143. The summed E-state index contributed by atoms with van der Waals surface area (Å²) in [6.45, 7) is 0. The van der Waals surface area contributed by atoms with Crippen LogP contribution in [0.4, 0.5) is 0 Å². The molecular weight excluding hydrogens is 380 g/mol. The van der Waals surface area contributed by atoms with Gasteiger partial charge in [-0.25, -0.2) is 8.42 Å². The lowest BCUT2D eigenvalue weighted by Crippen LogP contribution is -2.08. The van der Waals surface area contributed by atoms with E-state index >= 15 is 0 Å². The van der Waals surface area contributed by atoms with Crippen LogP contribution in [-0.2, 0) is 9.84 Å². The standard InChI is InChI=1S/C14H12BrClO2S2/c15-11-4-6-14(7-5-11)20(17,18)9-8-19-13-3-1-2-12(16)10-13/h1-7,10H,8-9H2. The van der Waals surface area contributed by atoms with Crippen molar-refractivity contribution in [1.82, 2.24) is 0 Å². The van der Waals surface area contributed by atoms with Gasteiger partial charge in [0.1, 0.15) is 0 Å². The highest BCUT2D eigenvalue weighted by Gasteiger charge is 2.14. The first-order chi connectivity index (χ1) is 9.47. The Kier molecular flexibility index (Phi) is 5.55. The largest absolute Gasteiger partial charge is 0.224 e. The van der Waals surface area contributed by atoms with Crippen LogP contribution in [0.2, 0.25) is 5.02 Å². The van der Waals surface area contributed by atoms with Crippen molar-refractivity contribution in [3.63, 3.8) is 0 Å². The molecule has 0 amide bonds. The van der Waals surface area contributed by atoms with Gasteiger partial charge in [0.25, 0.3) is 0 Å². The van der Waals surface area contributed by atoms with Crippen LogP contribution in [0, 0.1) is 0 Å². The minimum atomic E-state index is -3.23. The third-order valence-electron chi connectivity index (χ3n) is 2.59. The van der Waals surface area contributed by atoms with Crippen molar-refractivity contribution in [2.75, 3.05) is 11.5 Å². The van der Waals surface area contributed by atoms with Gasteiger partial charge in [-0.05, 0) is 42.5 Å². The van der Waals surface area contributed by atoms with E-state index in [2.05, 4.69) is 15.9 Å². The molecule has 0 spiro atoms. The summed E-state index contributed by atoms with van der Waals surface area (Å²) in [6.07, 6.45) is 0. The molecule has 2 nitrogen and oxygen atoms in total. The van der Waals surface area contributed by atoms with E-state index in [0.717, 1.165) is 9.37 Å². The first kappa shape index (κ1) is 15.9. The van der Waals surface area contributed by atoms with Crippen LogP contribution < -0.4 is 0 Å². The van der Waals surface area contributed by atoms with Crippen LogP contribution >= 0.6 is 39.3 Å². The lowest BCUT2D eigenvalue weighted by Gasteiger charge is -2.05. The Morgan fingerprint density at radius 2 is 1.80 bits per heavy atom. The molecule has 0 unspecified atom stereocenters. The zero-order chi connectivity index (χ0) is 14.6. The van der Waals surface area contributed by atoms with Crippen molar-refractivity contribution in [3.05, 3.63) is 58.0 Å². The summed E-state index contributed by atoms with van der Waals surface area (Å²) in [4.78, 5) is 1.33. The summed E-state index contributed by atoms with van der Waals surface area (Å²) in [5.41, 5.74) is 0. The number of benzene rings is 2. The Balaban J connectivity index is 1.98. The van der Waals surface area contributed by atoms with Gasteiger partial charge < -0.3 is 0 Å². The number of hydrogen-bond acceptors (Lipinski definition) is 3. The Hall–Kier alpha value is -0.490. The van der Waals surface area contributed by atoms with E-state index in [0.29, 0.717) is 15.7 Å². The predicted octanol–water partition coefficient (Wildman–Crippen LogP) is 4.67. The molecule has 20 heavy (non-hydrogen) atoms. The average Bonchev–Trinajstić information content (AvgIpc) is 2.39. The highest BCUT2D eigenvalue weighted by atomic mass is 79.9. The second kappa shape index (κ2) is 6.98. The van der Waals surface area contributed by atoms with E-state index in [4.69, 9.17) is 11.6 Å². The average molecular weight is 392 g/mol. The quantitative estimate of drug-likeness (QED) is 0.695. The fourth-order valence-corrected chi connectivity index (χ4v) is 4.72. The molecule has 0 saturated carbocycles. The normalized spacial score (nSPS) is 11.5. The van der Waals surface area contributed by atoms with Crippen LogP contribution in [0.3, 0.4) is 0 Å². The van der Waals surface area contributed by atoms with Crippen LogP contribution in [0.15, 0.2) is 62.8 Å². The van der Waals surface area contributed by atoms with Crippen molar-refractivity contribution in [1.29, 1.82) is 0 Å². The molecule has 0 radical (unpaired) electrons. The topological polar surface area (TPSA) is 34.1 Å².